The molecule has 1 aliphatic rings. The number of rotatable bonds is 7. The first-order valence-electron chi connectivity index (χ1n) is 8.22. The predicted molar refractivity (Wildman–Crippen MR) is 93.2 cm³/mol. The number of anilines is 1. The Balaban J connectivity index is 1.87. The van der Waals surface area contributed by atoms with Gasteiger partial charge in [-0.3, -0.25) is 24.5 Å². The maximum Gasteiger partial charge on any atom is 0.307 e. The highest BCUT2D eigenvalue weighted by atomic mass is 35.5. The van der Waals surface area contributed by atoms with Crippen LogP contribution in [0.4, 0.5) is 10.1 Å². The fraction of sp³-hybridized carbons (Fsp3) is 0.471. The van der Waals surface area contributed by atoms with Crippen LogP contribution in [0.5, 0.6) is 0 Å². The maximum absolute atomic E-state index is 13.6. The molecule has 0 heterocycles. The molecule has 1 amide bonds. The number of benzene rings is 1. The standard InChI is InChI=1S/C17H18ClFN2O6/c1-9-4-15(22)11(12(9)7-21(25)26)6-17(24)27-8-16(23)20-14-5-10(18)2-3-13(14)19/h2-3,5,9,11-12H,4,6-8H2,1H3,(H,20,23)/t9-,11-,12-/m1/s1. The average Bonchev–Trinajstić information content (AvgIpc) is 2.83. The number of ketones is 1. The Hall–Kier alpha value is -2.55. The number of nitro groups is 1. The summed E-state index contributed by atoms with van der Waals surface area (Å²) in [4.78, 5) is 46.0. The lowest BCUT2D eigenvalue weighted by molar-refractivity contribution is -0.490. The number of ether oxygens (including phenoxy) is 1. The molecule has 0 unspecified atom stereocenters. The molecule has 1 aromatic rings. The normalized spacial score (nSPS) is 21.7. The molecule has 2 rings (SSSR count). The molecule has 0 aliphatic heterocycles. The fourth-order valence-electron chi connectivity index (χ4n) is 3.16. The molecule has 1 aromatic carbocycles. The van der Waals surface area contributed by atoms with E-state index >= 15 is 0 Å². The lowest BCUT2D eigenvalue weighted by atomic mass is 9.88. The summed E-state index contributed by atoms with van der Waals surface area (Å²) in [6, 6.07) is 3.59. The Morgan fingerprint density at radius 2 is 2.15 bits per heavy atom. The third-order valence-electron chi connectivity index (χ3n) is 4.50. The molecular weight excluding hydrogens is 383 g/mol. The second-order valence-corrected chi connectivity index (χ2v) is 6.91. The molecule has 1 aliphatic carbocycles. The van der Waals surface area contributed by atoms with E-state index in [9.17, 15) is 28.9 Å². The zero-order valence-electron chi connectivity index (χ0n) is 14.4. The lowest BCUT2D eigenvalue weighted by Gasteiger charge is -2.17. The smallest absolute Gasteiger partial charge is 0.307 e. The predicted octanol–water partition coefficient (Wildman–Crippen LogP) is 2.47. The number of amides is 1. The SMILES string of the molecule is C[C@@H]1CC(=O)[C@H](CC(=O)OCC(=O)Nc2cc(Cl)ccc2F)[C@@H]1C[N+](=O)[O-]. The van der Waals surface area contributed by atoms with E-state index in [1.54, 1.807) is 6.92 Å². The van der Waals surface area contributed by atoms with Gasteiger partial charge in [-0.1, -0.05) is 18.5 Å². The van der Waals surface area contributed by atoms with Crippen LogP contribution in [-0.4, -0.2) is 35.7 Å². The Kier molecular flexibility index (Phi) is 6.84. The number of Topliss-reactive ketones (excluding diaryl/α,β-unsaturated/α-hetero) is 1. The van der Waals surface area contributed by atoms with Crippen LogP contribution in [0.2, 0.25) is 5.02 Å². The van der Waals surface area contributed by atoms with Crippen LogP contribution < -0.4 is 5.32 Å². The summed E-state index contributed by atoms with van der Waals surface area (Å²) < 4.78 is 18.4. The van der Waals surface area contributed by atoms with E-state index in [0.29, 0.717) is 0 Å². The highest BCUT2D eigenvalue weighted by molar-refractivity contribution is 6.30. The van der Waals surface area contributed by atoms with E-state index < -0.39 is 47.6 Å². The van der Waals surface area contributed by atoms with Crippen molar-refractivity contribution in [3.05, 3.63) is 39.2 Å². The van der Waals surface area contributed by atoms with Crippen molar-refractivity contribution in [2.45, 2.75) is 19.8 Å². The lowest BCUT2D eigenvalue weighted by Crippen LogP contribution is -2.28. The number of carbonyl (C=O) groups is 3. The number of esters is 1. The minimum atomic E-state index is -0.822. The minimum Gasteiger partial charge on any atom is -0.456 e. The number of hydrogen-bond donors (Lipinski definition) is 1. The van der Waals surface area contributed by atoms with Gasteiger partial charge in [-0.2, -0.15) is 0 Å². The van der Waals surface area contributed by atoms with E-state index in [-0.39, 0.29) is 35.3 Å². The molecule has 1 fully saturated rings. The number of halogens is 2. The molecule has 0 saturated heterocycles. The zero-order chi connectivity index (χ0) is 20.1. The van der Waals surface area contributed by atoms with E-state index in [0.717, 1.165) is 6.07 Å². The molecule has 10 heteroatoms. The molecule has 146 valence electrons. The topological polar surface area (TPSA) is 116 Å². The van der Waals surface area contributed by atoms with Gasteiger partial charge in [0.15, 0.2) is 6.61 Å². The molecule has 3 atom stereocenters. The largest absolute Gasteiger partial charge is 0.456 e. The summed E-state index contributed by atoms with van der Waals surface area (Å²) in [5.74, 6) is -4.07. The highest BCUT2D eigenvalue weighted by Gasteiger charge is 2.44. The van der Waals surface area contributed by atoms with E-state index in [1.807, 2.05) is 0 Å². The first-order valence-corrected chi connectivity index (χ1v) is 8.60. The van der Waals surface area contributed by atoms with Gasteiger partial charge >= 0.3 is 5.97 Å². The number of hydrogen-bond acceptors (Lipinski definition) is 6. The number of nitrogens with one attached hydrogen (secondary N) is 1. The first kappa shape index (κ1) is 20.8. The molecule has 0 aromatic heterocycles. The quantitative estimate of drug-likeness (QED) is 0.427. The van der Waals surface area contributed by atoms with Crippen molar-refractivity contribution < 1.29 is 28.4 Å². The van der Waals surface area contributed by atoms with Gasteiger partial charge in [0.2, 0.25) is 6.54 Å². The Morgan fingerprint density at radius 3 is 2.81 bits per heavy atom. The van der Waals surface area contributed by atoms with Gasteiger partial charge in [0.25, 0.3) is 5.91 Å². The molecule has 27 heavy (non-hydrogen) atoms. The van der Waals surface area contributed by atoms with E-state index in [2.05, 4.69) is 5.32 Å². The van der Waals surface area contributed by atoms with Crippen molar-refractivity contribution in [1.29, 1.82) is 0 Å². The van der Waals surface area contributed by atoms with Crippen molar-refractivity contribution >= 4 is 34.9 Å². The van der Waals surface area contributed by atoms with Gasteiger partial charge in [-0.05, 0) is 24.1 Å². The summed E-state index contributed by atoms with van der Waals surface area (Å²) in [6.45, 7) is 0.644. The third kappa shape index (κ3) is 5.72. The zero-order valence-corrected chi connectivity index (χ0v) is 15.2. The van der Waals surface area contributed by atoms with Crippen molar-refractivity contribution in [2.24, 2.45) is 17.8 Å². The summed E-state index contributed by atoms with van der Waals surface area (Å²) in [5, 5.41) is 13.2. The number of nitrogens with zero attached hydrogens (tertiary/aromatic N) is 1. The van der Waals surface area contributed by atoms with Gasteiger partial charge in [0, 0.05) is 28.2 Å². The number of carbonyl (C=O) groups excluding carboxylic acids is 3. The fourth-order valence-corrected chi connectivity index (χ4v) is 3.34. The van der Waals surface area contributed by atoms with E-state index in [1.165, 1.54) is 12.1 Å². The minimum absolute atomic E-state index is 0.158. The molecule has 0 bridgehead atoms. The van der Waals surface area contributed by atoms with Gasteiger partial charge < -0.3 is 10.1 Å². The van der Waals surface area contributed by atoms with Crippen molar-refractivity contribution in [3.8, 4) is 0 Å². The Morgan fingerprint density at radius 1 is 1.44 bits per heavy atom. The van der Waals surface area contributed by atoms with Gasteiger partial charge in [-0.25, -0.2) is 4.39 Å². The Bertz CT molecular complexity index is 772. The van der Waals surface area contributed by atoms with Gasteiger partial charge in [0.1, 0.15) is 11.6 Å². The van der Waals surface area contributed by atoms with Crippen LogP contribution in [0.15, 0.2) is 18.2 Å². The molecular formula is C17H18ClFN2O6. The van der Waals surface area contributed by atoms with Crippen molar-refractivity contribution in [1.82, 2.24) is 0 Å². The van der Waals surface area contributed by atoms with Crippen LogP contribution in [0.25, 0.3) is 0 Å². The van der Waals surface area contributed by atoms with Gasteiger partial charge in [-0.15, -0.1) is 0 Å². The van der Waals surface area contributed by atoms with Crippen molar-refractivity contribution in [2.75, 3.05) is 18.5 Å². The molecule has 1 saturated carbocycles. The van der Waals surface area contributed by atoms with Crippen LogP contribution in [-0.2, 0) is 19.1 Å². The first-order chi connectivity index (χ1) is 12.7. The second-order valence-electron chi connectivity index (χ2n) is 6.47. The maximum atomic E-state index is 13.6. The average molecular weight is 401 g/mol. The molecule has 1 N–H and O–H groups in total. The van der Waals surface area contributed by atoms with Gasteiger partial charge in [0.05, 0.1) is 12.1 Å². The summed E-state index contributed by atoms with van der Waals surface area (Å²) in [7, 11) is 0. The Labute approximate surface area is 159 Å². The molecule has 0 spiro atoms. The summed E-state index contributed by atoms with van der Waals surface area (Å²) in [6.07, 6.45) is -0.161. The van der Waals surface area contributed by atoms with Crippen LogP contribution in [0.3, 0.4) is 0 Å². The molecule has 0 radical (unpaired) electrons. The monoisotopic (exact) mass is 400 g/mol. The molecule has 8 nitrogen and oxygen atoms in total. The summed E-state index contributed by atoms with van der Waals surface area (Å²) in [5.41, 5.74) is -0.158. The third-order valence-corrected chi connectivity index (χ3v) is 4.73. The summed E-state index contributed by atoms with van der Waals surface area (Å²) >= 11 is 5.71. The highest BCUT2D eigenvalue weighted by Crippen LogP contribution is 2.36. The van der Waals surface area contributed by atoms with Crippen LogP contribution in [0, 0.1) is 33.7 Å². The van der Waals surface area contributed by atoms with Crippen molar-refractivity contribution in [3.63, 3.8) is 0 Å². The van der Waals surface area contributed by atoms with Crippen LogP contribution in [0.1, 0.15) is 19.8 Å². The van der Waals surface area contributed by atoms with E-state index in [4.69, 9.17) is 16.3 Å². The second kappa shape index (κ2) is 8.90. The van der Waals surface area contributed by atoms with Crippen LogP contribution >= 0.6 is 11.6 Å².